The van der Waals surface area contributed by atoms with E-state index in [1.54, 1.807) is 13.8 Å². The van der Waals surface area contributed by atoms with Gasteiger partial charge in [0, 0.05) is 6.42 Å². The van der Waals surface area contributed by atoms with Crippen LogP contribution in [0.4, 0.5) is 0 Å². The monoisotopic (exact) mass is 198 g/mol. The van der Waals surface area contributed by atoms with Gasteiger partial charge in [0.25, 0.3) is 0 Å². The maximum absolute atomic E-state index is 11.6. The summed E-state index contributed by atoms with van der Waals surface area (Å²) in [5.41, 5.74) is -1.02. The van der Waals surface area contributed by atoms with Gasteiger partial charge in [0.15, 0.2) is 0 Å². The van der Waals surface area contributed by atoms with Crippen LogP contribution in [0.2, 0.25) is 0 Å². The van der Waals surface area contributed by atoms with Crippen molar-refractivity contribution < 1.29 is 14.3 Å². The molecule has 0 bridgehead atoms. The smallest absolute Gasteiger partial charge is 0.319 e. The predicted molar refractivity (Wildman–Crippen MR) is 54.9 cm³/mol. The molecule has 0 radical (unpaired) electrons. The first-order valence-electron chi connectivity index (χ1n) is 4.75. The van der Waals surface area contributed by atoms with Crippen LogP contribution in [0.25, 0.3) is 0 Å². The topological polar surface area (TPSA) is 43.4 Å². The number of esters is 1. The summed E-state index contributed by atoms with van der Waals surface area (Å²) in [5.74, 6) is -0.537. The van der Waals surface area contributed by atoms with E-state index in [2.05, 4.69) is 4.74 Å². The van der Waals surface area contributed by atoms with Crippen molar-refractivity contribution in [2.45, 2.75) is 33.6 Å². The molecule has 0 aliphatic carbocycles. The van der Waals surface area contributed by atoms with Gasteiger partial charge in [-0.1, -0.05) is 19.1 Å². The fourth-order valence-electron chi connectivity index (χ4n) is 1.28. The Balaban J connectivity index is 4.83. The lowest BCUT2D eigenvalue weighted by Crippen LogP contribution is -2.36. The first-order chi connectivity index (χ1) is 6.52. The zero-order valence-electron chi connectivity index (χ0n) is 9.29. The van der Waals surface area contributed by atoms with E-state index >= 15 is 0 Å². The van der Waals surface area contributed by atoms with Crippen LogP contribution in [0.15, 0.2) is 12.2 Å². The molecule has 80 valence electrons. The average molecular weight is 198 g/mol. The van der Waals surface area contributed by atoms with Crippen LogP contribution in [0.5, 0.6) is 0 Å². The van der Waals surface area contributed by atoms with E-state index in [9.17, 15) is 9.59 Å². The quantitative estimate of drug-likeness (QED) is 0.386. The van der Waals surface area contributed by atoms with E-state index in [-0.39, 0.29) is 5.78 Å². The van der Waals surface area contributed by atoms with E-state index in [0.717, 1.165) is 0 Å². The third-order valence-electron chi connectivity index (χ3n) is 2.33. The Morgan fingerprint density at radius 3 is 2.36 bits per heavy atom. The number of hydrogen-bond acceptors (Lipinski definition) is 3. The molecule has 0 aromatic rings. The summed E-state index contributed by atoms with van der Waals surface area (Å²) in [4.78, 5) is 23.1. The van der Waals surface area contributed by atoms with Crippen LogP contribution in [0.3, 0.4) is 0 Å². The highest BCUT2D eigenvalue weighted by Crippen LogP contribution is 2.26. The maximum Gasteiger partial charge on any atom is 0.319 e. The van der Waals surface area contributed by atoms with Gasteiger partial charge in [0.2, 0.25) is 0 Å². The first-order valence-corrected chi connectivity index (χ1v) is 4.75. The second-order valence-electron chi connectivity index (χ2n) is 3.37. The molecule has 0 saturated heterocycles. The molecule has 0 amide bonds. The summed E-state index contributed by atoms with van der Waals surface area (Å²) in [6.45, 7) is 5.23. The van der Waals surface area contributed by atoms with Gasteiger partial charge in [0.05, 0.1) is 7.11 Å². The average Bonchev–Trinajstić information content (AvgIpc) is 2.23. The number of allylic oxidation sites excluding steroid dienone is 2. The summed E-state index contributed by atoms with van der Waals surface area (Å²) in [6, 6.07) is 0. The van der Waals surface area contributed by atoms with E-state index in [1.165, 1.54) is 7.11 Å². The minimum absolute atomic E-state index is 0.0811. The summed E-state index contributed by atoms with van der Waals surface area (Å²) in [7, 11) is 1.30. The van der Waals surface area contributed by atoms with Crippen molar-refractivity contribution in [3.05, 3.63) is 12.2 Å². The molecule has 0 N–H and O–H groups in total. The standard InChI is InChI=1S/C11H18O3/c1-5-7-8-11(3,9(12)6-2)10(13)14-4/h5,7H,6,8H2,1-4H3. The van der Waals surface area contributed by atoms with Crippen LogP contribution >= 0.6 is 0 Å². The molecule has 0 spiro atoms. The van der Waals surface area contributed by atoms with Gasteiger partial charge >= 0.3 is 5.97 Å². The molecule has 1 atom stereocenters. The lowest BCUT2D eigenvalue weighted by atomic mass is 9.81. The number of carbonyl (C=O) groups excluding carboxylic acids is 2. The third-order valence-corrected chi connectivity index (χ3v) is 2.33. The summed E-state index contributed by atoms with van der Waals surface area (Å²) in [5, 5.41) is 0. The molecule has 0 aliphatic rings. The predicted octanol–water partition coefficient (Wildman–Crippen LogP) is 2.11. The molecule has 0 fully saturated rings. The lowest BCUT2D eigenvalue weighted by Gasteiger charge is -2.22. The lowest BCUT2D eigenvalue weighted by molar-refractivity contribution is -0.156. The number of Topliss-reactive ketones (excluding diaryl/α,β-unsaturated/α-hetero) is 1. The second kappa shape index (κ2) is 5.58. The largest absolute Gasteiger partial charge is 0.468 e. The van der Waals surface area contributed by atoms with E-state index in [1.807, 2.05) is 19.1 Å². The molecule has 1 unspecified atom stereocenters. The van der Waals surface area contributed by atoms with Crippen LogP contribution in [-0.4, -0.2) is 18.9 Å². The fourth-order valence-corrected chi connectivity index (χ4v) is 1.28. The van der Waals surface area contributed by atoms with Crippen LogP contribution < -0.4 is 0 Å². The van der Waals surface area contributed by atoms with Gasteiger partial charge in [-0.15, -0.1) is 0 Å². The molecule has 0 heterocycles. The highest BCUT2D eigenvalue weighted by molar-refractivity contribution is 6.03. The van der Waals surface area contributed by atoms with Crippen LogP contribution in [0.1, 0.15) is 33.6 Å². The Bertz CT molecular complexity index is 225. The van der Waals surface area contributed by atoms with E-state index in [4.69, 9.17) is 0 Å². The molecule has 0 aliphatic heterocycles. The van der Waals surface area contributed by atoms with Crippen LogP contribution in [-0.2, 0) is 14.3 Å². The summed E-state index contributed by atoms with van der Waals surface area (Å²) < 4.78 is 4.64. The highest BCUT2D eigenvalue weighted by Gasteiger charge is 2.39. The van der Waals surface area contributed by atoms with Gasteiger partial charge in [0.1, 0.15) is 11.2 Å². The molecule has 14 heavy (non-hydrogen) atoms. The Morgan fingerprint density at radius 1 is 1.43 bits per heavy atom. The Kier molecular flexibility index (Phi) is 5.13. The van der Waals surface area contributed by atoms with Crippen molar-refractivity contribution in [1.29, 1.82) is 0 Å². The van der Waals surface area contributed by atoms with Gasteiger partial charge in [-0.2, -0.15) is 0 Å². The molecule has 3 nitrogen and oxygen atoms in total. The Morgan fingerprint density at radius 2 is 2.00 bits per heavy atom. The molecule has 0 aromatic carbocycles. The Labute approximate surface area is 85.1 Å². The van der Waals surface area contributed by atoms with Crippen LogP contribution in [0, 0.1) is 5.41 Å². The first kappa shape index (κ1) is 12.9. The number of hydrogen-bond donors (Lipinski definition) is 0. The normalized spacial score (nSPS) is 15.1. The highest BCUT2D eigenvalue weighted by atomic mass is 16.5. The number of carbonyl (C=O) groups is 2. The number of methoxy groups -OCH3 is 1. The van der Waals surface area contributed by atoms with E-state index in [0.29, 0.717) is 12.8 Å². The van der Waals surface area contributed by atoms with Crippen molar-refractivity contribution in [2.75, 3.05) is 7.11 Å². The number of rotatable bonds is 5. The zero-order chi connectivity index (χ0) is 11.2. The summed E-state index contributed by atoms with van der Waals surface area (Å²) >= 11 is 0. The number of ether oxygens (including phenoxy) is 1. The molecule has 0 aromatic heterocycles. The van der Waals surface area contributed by atoms with Crippen molar-refractivity contribution in [1.82, 2.24) is 0 Å². The van der Waals surface area contributed by atoms with Gasteiger partial charge in [-0.25, -0.2) is 0 Å². The third kappa shape index (κ3) is 2.69. The second-order valence-corrected chi connectivity index (χ2v) is 3.37. The molecule has 0 rings (SSSR count). The maximum atomic E-state index is 11.6. The molecule has 0 saturated carbocycles. The van der Waals surface area contributed by atoms with Crippen molar-refractivity contribution >= 4 is 11.8 Å². The zero-order valence-corrected chi connectivity index (χ0v) is 9.29. The van der Waals surface area contributed by atoms with Crippen molar-refractivity contribution in [2.24, 2.45) is 5.41 Å². The summed E-state index contributed by atoms with van der Waals surface area (Å²) in [6.07, 6.45) is 4.39. The van der Waals surface area contributed by atoms with Gasteiger partial charge in [-0.3, -0.25) is 9.59 Å². The van der Waals surface area contributed by atoms with E-state index < -0.39 is 11.4 Å². The minimum Gasteiger partial charge on any atom is -0.468 e. The van der Waals surface area contributed by atoms with Gasteiger partial charge in [-0.05, 0) is 20.3 Å². The number of ketones is 1. The SMILES string of the molecule is CC=CCC(C)(C(=O)CC)C(=O)OC. The molecular formula is C11H18O3. The fraction of sp³-hybridized carbons (Fsp3) is 0.636. The minimum atomic E-state index is -1.02. The molecule has 3 heteroatoms. The van der Waals surface area contributed by atoms with Crippen molar-refractivity contribution in [3.63, 3.8) is 0 Å². The van der Waals surface area contributed by atoms with Crippen molar-refractivity contribution in [3.8, 4) is 0 Å². The molecular weight excluding hydrogens is 180 g/mol. The van der Waals surface area contributed by atoms with Gasteiger partial charge < -0.3 is 4.74 Å². The Hall–Kier alpha value is -1.12.